The zero-order chi connectivity index (χ0) is 92.6. The summed E-state index contributed by atoms with van der Waals surface area (Å²) >= 11 is 13.6. The summed E-state index contributed by atoms with van der Waals surface area (Å²) < 4.78 is 69.4. The van der Waals surface area contributed by atoms with E-state index in [1.54, 1.807) is 25.1 Å². The second-order valence-corrected chi connectivity index (χ2v) is 33.0. The summed E-state index contributed by atoms with van der Waals surface area (Å²) in [6.45, 7) is 0.0244. The van der Waals surface area contributed by atoms with E-state index in [0.717, 1.165) is 42.5 Å². The number of benzene rings is 6. The number of aliphatic hydroxyl groups is 13. The quantitative estimate of drug-likeness (QED) is 0.0323. The van der Waals surface area contributed by atoms with Crippen LogP contribution in [0.1, 0.15) is 99.8 Å². The summed E-state index contributed by atoms with van der Waals surface area (Å²) in [6.07, 6.45) is -36.6. The summed E-state index contributed by atoms with van der Waals surface area (Å²) in [5, 5.41) is 184. The minimum Gasteiger partial charge on any atom is -0.508 e. The fourth-order valence-corrected chi connectivity index (χ4v) is 17.0. The Bertz CT molecular complexity index is 5220. The van der Waals surface area contributed by atoms with Crippen molar-refractivity contribution >= 4 is 70.4 Å². The van der Waals surface area contributed by atoms with Crippen molar-refractivity contribution < 1.29 is 167 Å². The molecule has 11 bridgehead atoms. The first-order chi connectivity index (χ1) is 61.5. The van der Waals surface area contributed by atoms with E-state index >= 15 is 24.0 Å². The summed E-state index contributed by atoms with van der Waals surface area (Å²) in [5.74, 6) is -18.0. The Labute approximate surface area is 742 Å². The third-order valence-electron chi connectivity index (χ3n) is 23.7. The number of nitrogens with two attached hydrogens (primary N) is 1. The van der Waals surface area contributed by atoms with Crippen LogP contribution in [0.4, 0.5) is 0 Å². The Morgan fingerprint density at radius 2 is 1.22 bits per heavy atom. The lowest BCUT2D eigenvalue weighted by Crippen LogP contribution is -2.64. The molecule has 129 heavy (non-hydrogen) atoms. The number of carboxylic acids is 1. The summed E-state index contributed by atoms with van der Waals surface area (Å²) in [6, 6.07) is 10.4. The highest BCUT2D eigenvalue weighted by molar-refractivity contribution is 6.44. The number of amides is 6. The first-order valence-electron chi connectivity index (χ1n) is 40.8. The number of ketones is 1. The topological polar surface area (TPSA) is 640 Å². The number of fused-ring (bicyclic) bond motifs is 15. The zero-order valence-corrected chi connectivity index (χ0v) is 70.0. The van der Waals surface area contributed by atoms with Crippen molar-refractivity contribution in [2.24, 2.45) is 11.7 Å². The smallest absolute Gasteiger partial charge is 0.330 e. The Balaban J connectivity index is 1.01. The van der Waals surface area contributed by atoms with Crippen molar-refractivity contribution in [3.8, 4) is 34.5 Å². The molecule has 16 rings (SSSR count). The highest BCUT2D eigenvalue weighted by Crippen LogP contribution is 2.50. The Kier molecular flexibility index (Phi) is 29.4. The third kappa shape index (κ3) is 20.1. The molecule has 0 aromatic heterocycles. The molecule has 29 atom stereocenters. The van der Waals surface area contributed by atoms with E-state index in [4.69, 9.17) is 81.0 Å². The van der Waals surface area contributed by atoms with Crippen LogP contribution in [0, 0.1) is 5.92 Å². The molecule has 4 fully saturated rings. The van der Waals surface area contributed by atoms with Gasteiger partial charge in [0.1, 0.15) is 133 Å². The van der Waals surface area contributed by atoms with Crippen molar-refractivity contribution in [3.05, 3.63) is 199 Å². The van der Waals surface area contributed by atoms with Gasteiger partial charge in [-0.2, -0.15) is 0 Å². The SMILES string of the molecule is COCC1C(N)CC(O[C@@H]2c3ccc(c(Cl)c3)Oc3cc4cc(c3O[C@@H]3OC(CO)[C@@H](O)C(O)C3OC3O[C@@H](C)C(O)C(O)[C@@H]3O)Oc3ccc(cc3)[C@@H](O)[C@@H](NC(=O)C(=O)c3ccc(O)c(Cl)c3)C(=O)NC(Cc3ccccc3)C(=O)N[C@@H]4C(=O)N[C@@H]3C(=O)N[C@@H]2C(=O)N[C@H](C(=O)O)C2=CC(O)=CC(O[C@@H]4OC(CO)[C@@H](O)C(O)C4O)C2c2cc3ccc2CO)O[C@H]1C. The number of carbonyl (C=O) groups excluding carboxylic acids is 7. The van der Waals surface area contributed by atoms with Gasteiger partial charge in [-0.1, -0.05) is 89.9 Å². The molecule has 4 saturated heterocycles. The normalized spacial score (nSPS) is 33.7. The summed E-state index contributed by atoms with van der Waals surface area (Å²) in [7, 11) is 1.43. The second-order valence-electron chi connectivity index (χ2n) is 32.2. The number of phenolic OH excluding ortho intramolecular Hbond substituents is 1. The van der Waals surface area contributed by atoms with Crippen LogP contribution in [0.15, 0.2) is 145 Å². The number of phenols is 1. The Hall–Kier alpha value is -10.5. The van der Waals surface area contributed by atoms with Gasteiger partial charge in [0.05, 0.1) is 54.8 Å². The van der Waals surface area contributed by atoms with Crippen molar-refractivity contribution in [3.63, 3.8) is 0 Å². The maximum absolute atomic E-state index is 16.9. The van der Waals surface area contributed by atoms with Crippen LogP contribution in [0.2, 0.25) is 10.0 Å². The zero-order valence-electron chi connectivity index (χ0n) is 68.5. The molecule has 1 aliphatic carbocycles. The molecule has 41 nitrogen and oxygen atoms in total. The molecule has 0 spiro atoms. The Morgan fingerprint density at radius 1 is 0.581 bits per heavy atom. The average molecular weight is 1840 g/mol. The molecular formula is C86H95Cl2N7O34. The van der Waals surface area contributed by atoms with Crippen LogP contribution in [-0.2, 0) is 84.5 Å². The van der Waals surface area contributed by atoms with Crippen LogP contribution < -0.4 is 51.8 Å². The predicted octanol–water partition coefficient (Wildman–Crippen LogP) is -1.52. The first kappa shape index (κ1) is 94.6. The van der Waals surface area contributed by atoms with E-state index in [1.807, 2.05) is 0 Å². The number of nitrogens with one attached hydrogen (secondary N) is 6. The van der Waals surface area contributed by atoms with Gasteiger partial charge in [0.15, 0.2) is 36.5 Å². The average Bonchev–Trinajstić information content (AvgIpc) is 0.758. The predicted molar refractivity (Wildman–Crippen MR) is 438 cm³/mol. The third-order valence-corrected chi connectivity index (χ3v) is 24.3. The number of hydrogen-bond donors (Lipinski definition) is 22. The molecule has 6 amide bonds. The summed E-state index contributed by atoms with van der Waals surface area (Å²) in [4.78, 5) is 124. The molecule has 0 saturated carbocycles. The lowest BCUT2D eigenvalue weighted by Gasteiger charge is -2.45. The van der Waals surface area contributed by atoms with Gasteiger partial charge in [-0.3, -0.25) is 33.6 Å². The van der Waals surface area contributed by atoms with Gasteiger partial charge in [0, 0.05) is 43.4 Å². The van der Waals surface area contributed by atoms with E-state index in [0.29, 0.717) is 0 Å². The van der Waals surface area contributed by atoms with Gasteiger partial charge < -0.3 is 166 Å². The van der Waals surface area contributed by atoms with Gasteiger partial charge in [0.25, 0.3) is 5.91 Å². The Morgan fingerprint density at radius 3 is 1.88 bits per heavy atom. The number of Topliss-reactive ketones (excluding diaryl/α,β-unsaturated/α-hetero) is 1. The van der Waals surface area contributed by atoms with E-state index in [-0.39, 0.29) is 57.2 Å². The van der Waals surface area contributed by atoms with Crippen LogP contribution in [0.25, 0.3) is 0 Å². The molecule has 10 aliphatic rings. The standard InChI is InChI=1S/C86H95Cl2N7O34/c1-32-45(31-119-3)48(89)27-57(120-32)127-74-38-14-18-51(47(88)22-38)123-54-24-40-23-53(75(54)128-86-76(71(108)68(105)56(30-98)126-86)129-84-72(109)69(106)64(101)33(2)121-84)122-42-15-11-35(12-16-42)65(102)62(94-82(116)66(103)37-13-17-50(100)46(87)21-37)80(114)90-49(19-34-7-5-4-6-8-34)77(111)91-60(40)79(113)92-59-36-9-10-39(28-96)43(20-36)58-44(61(83(117)118)93-81(115)63(74)95-78(59)112)25-41(99)26-52(58)124-85-73(110)70(107)67(104)55(29-97)125-85/h4-18,20-26,32-33,45,48-49,52,55-65,67-74,76,84-86,96-102,104-110H,19,27-31,89H2,1-3H3,(H,90,114)(H,91,111)(H,92,113)(H,93,115)(H,94,116)(H,95,112)(H,117,118)/t32-,33-,45?,48?,49?,52?,55?,56?,57?,58?,59-,60-,61-,62+,63-,64?,65+,67+,68+,69?,70?,71?,72-,73?,74+,76?,84?,85+,86-/m0/s1. The highest BCUT2D eigenvalue weighted by Gasteiger charge is 2.54. The molecule has 692 valence electrons. The van der Waals surface area contributed by atoms with E-state index in [9.17, 15) is 91.0 Å². The largest absolute Gasteiger partial charge is 0.508 e. The van der Waals surface area contributed by atoms with Crippen LogP contribution >= 0.6 is 23.2 Å². The van der Waals surface area contributed by atoms with Gasteiger partial charge >= 0.3 is 5.97 Å². The molecule has 6 aromatic carbocycles. The molecular weight excluding hydrogens is 1750 g/mol. The number of aromatic hydroxyl groups is 1. The highest BCUT2D eigenvalue weighted by atomic mass is 35.5. The number of aliphatic carboxylic acids is 1. The molecule has 43 heteroatoms. The van der Waals surface area contributed by atoms with E-state index < -0.39 is 307 Å². The van der Waals surface area contributed by atoms with Crippen molar-refractivity contribution in [2.75, 3.05) is 26.9 Å². The van der Waals surface area contributed by atoms with Gasteiger partial charge in [-0.05, 0) is 125 Å². The van der Waals surface area contributed by atoms with Crippen LogP contribution in [0.5, 0.6) is 34.5 Å². The minimum absolute atomic E-state index is 0.0763. The number of hydrogen-bond acceptors (Lipinski definition) is 34. The van der Waals surface area contributed by atoms with Gasteiger partial charge in [-0.15, -0.1) is 0 Å². The molecule has 9 heterocycles. The van der Waals surface area contributed by atoms with Crippen LogP contribution in [0.3, 0.4) is 0 Å². The minimum atomic E-state index is -2.40. The fraction of sp³-hybridized carbons (Fsp3) is 0.442. The lowest BCUT2D eigenvalue weighted by molar-refractivity contribution is -0.354. The number of aliphatic hydroxyl groups excluding tert-OH is 13. The molecule has 15 unspecified atom stereocenters. The first-order valence-corrected chi connectivity index (χ1v) is 41.6. The molecule has 23 N–H and O–H groups in total. The second kappa shape index (κ2) is 40.1. The van der Waals surface area contributed by atoms with Crippen LogP contribution in [-0.4, -0.2) is 292 Å². The number of halogens is 2. The number of rotatable bonds is 19. The monoisotopic (exact) mass is 1840 g/mol. The van der Waals surface area contributed by atoms with Crippen molar-refractivity contribution in [1.82, 2.24) is 31.9 Å². The van der Waals surface area contributed by atoms with E-state index in [1.165, 1.54) is 86.8 Å². The van der Waals surface area contributed by atoms with Crippen molar-refractivity contribution in [2.45, 2.75) is 204 Å². The van der Waals surface area contributed by atoms with E-state index in [2.05, 4.69) is 31.9 Å². The number of ether oxygens (including phenoxy) is 11. The van der Waals surface area contributed by atoms with Crippen molar-refractivity contribution in [1.29, 1.82) is 0 Å². The van der Waals surface area contributed by atoms with Gasteiger partial charge in [-0.25, -0.2) is 4.79 Å². The number of methoxy groups -OCH3 is 1. The molecule has 6 aromatic rings. The number of carbonyl (C=O) groups is 8. The number of allylic oxidation sites excluding steroid dienone is 1. The molecule has 9 aliphatic heterocycles. The molecule has 0 radical (unpaired) electrons. The number of carboxylic acid groups (broad SMARTS) is 1. The lowest BCUT2D eigenvalue weighted by atomic mass is 9.76. The summed E-state index contributed by atoms with van der Waals surface area (Å²) in [5.41, 5.74) is 4.67. The van der Waals surface area contributed by atoms with Gasteiger partial charge in [0.2, 0.25) is 47.4 Å². The fourth-order valence-electron chi connectivity index (χ4n) is 16.6. The maximum Gasteiger partial charge on any atom is 0.330 e. The maximum atomic E-state index is 16.9.